The molecule has 1 heteroatoms. The zero-order valence-corrected chi connectivity index (χ0v) is 13.9. The summed E-state index contributed by atoms with van der Waals surface area (Å²) in [6, 6.07) is 9.49. The maximum Gasteiger partial charge on any atom is 0.0291 e. The minimum Gasteiger partial charge on any atom is -0.310 e. The first-order valence-corrected chi connectivity index (χ1v) is 8.45. The Hall–Kier alpha value is -0.820. The van der Waals surface area contributed by atoms with Gasteiger partial charge in [0, 0.05) is 6.04 Å². The van der Waals surface area contributed by atoms with Gasteiger partial charge >= 0.3 is 0 Å². The summed E-state index contributed by atoms with van der Waals surface area (Å²) in [7, 11) is 0. The molecule has 0 aliphatic rings. The van der Waals surface area contributed by atoms with Gasteiger partial charge in [0.2, 0.25) is 0 Å². The van der Waals surface area contributed by atoms with Crippen LogP contribution in [0.3, 0.4) is 0 Å². The Kier molecular flexibility index (Phi) is 8.60. The Morgan fingerprint density at radius 3 is 2.15 bits per heavy atom. The first kappa shape index (κ1) is 17.2. The van der Waals surface area contributed by atoms with Crippen LogP contribution in [0.1, 0.15) is 77.0 Å². The molecule has 1 N–H and O–H groups in total. The first-order chi connectivity index (χ1) is 9.63. The summed E-state index contributed by atoms with van der Waals surface area (Å²) in [5, 5.41) is 3.64. The molecule has 0 bridgehead atoms. The Balaban J connectivity index is 2.11. The average molecular weight is 275 g/mol. The van der Waals surface area contributed by atoms with Gasteiger partial charge in [0.25, 0.3) is 0 Å². The van der Waals surface area contributed by atoms with Crippen molar-refractivity contribution in [1.29, 1.82) is 0 Å². The molecule has 0 aromatic heterocycles. The monoisotopic (exact) mass is 275 g/mol. The van der Waals surface area contributed by atoms with Gasteiger partial charge in [-0.05, 0) is 43.4 Å². The van der Waals surface area contributed by atoms with Crippen LogP contribution in [0.5, 0.6) is 0 Å². The molecule has 1 atom stereocenters. The molecule has 1 aromatic carbocycles. The molecule has 1 rings (SSSR count). The molecular formula is C19H33N. The van der Waals surface area contributed by atoms with Crippen molar-refractivity contribution < 1.29 is 0 Å². The minimum atomic E-state index is 0.469. The Bertz CT molecular complexity index is 339. The third-order valence-electron chi connectivity index (χ3n) is 4.05. The lowest BCUT2D eigenvalue weighted by atomic mass is 10.0. The lowest BCUT2D eigenvalue weighted by Gasteiger charge is -2.14. The van der Waals surface area contributed by atoms with E-state index >= 15 is 0 Å². The summed E-state index contributed by atoms with van der Waals surface area (Å²) in [6.45, 7) is 10.2. The summed E-state index contributed by atoms with van der Waals surface area (Å²) in [6.07, 6.45) is 7.95. The number of unbranched alkanes of at least 4 members (excludes halogenated alkanes) is 3. The van der Waals surface area contributed by atoms with E-state index in [-0.39, 0.29) is 0 Å². The number of rotatable bonds is 10. The minimum absolute atomic E-state index is 0.469. The van der Waals surface area contributed by atoms with E-state index in [9.17, 15) is 0 Å². The van der Waals surface area contributed by atoms with E-state index < -0.39 is 0 Å². The van der Waals surface area contributed by atoms with Crippen LogP contribution in [-0.4, -0.2) is 6.54 Å². The number of nitrogens with one attached hydrogen (secondary N) is 1. The molecule has 0 spiro atoms. The van der Waals surface area contributed by atoms with E-state index in [2.05, 4.69) is 57.3 Å². The van der Waals surface area contributed by atoms with Gasteiger partial charge in [-0.3, -0.25) is 0 Å². The fourth-order valence-corrected chi connectivity index (χ4v) is 2.51. The first-order valence-electron chi connectivity index (χ1n) is 8.45. The van der Waals surface area contributed by atoms with Crippen molar-refractivity contribution in [3.63, 3.8) is 0 Å². The SMILES string of the molecule is CCc1ccc(C(C)NCCCCCCC(C)C)cc1. The van der Waals surface area contributed by atoms with Crippen molar-refractivity contribution >= 4 is 0 Å². The molecule has 0 saturated heterocycles. The number of aryl methyl sites for hydroxylation is 1. The quantitative estimate of drug-likeness (QED) is 0.555. The predicted molar refractivity (Wildman–Crippen MR) is 90.2 cm³/mol. The van der Waals surface area contributed by atoms with Crippen molar-refractivity contribution in [3.8, 4) is 0 Å². The fraction of sp³-hybridized carbons (Fsp3) is 0.684. The molecule has 1 aromatic rings. The highest BCUT2D eigenvalue weighted by Crippen LogP contribution is 2.14. The van der Waals surface area contributed by atoms with E-state index in [0.29, 0.717) is 6.04 Å². The molecule has 1 nitrogen and oxygen atoms in total. The number of hydrogen-bond donors (Lipinski definition) is 1. The van der Waals surface area contributed by atoms with Crippen LogP contribution in [0.2, 0.25) is 0 Å². The van der Waals surface area contributed by atoms with Gasteiger partial charge in [-0.25, -0.2) is 0 Å². The standard InChI is InChI=1S/C19H33N/c1-5-18-11-13-19(14-12-18)17(4)20-15-9-7-6-8-10-16(2)3/h11-14,16-17,20H,5-10,15H2,1-4H3. The average Bonchev–Trinajstić information content (AvgIpc) is 2.45. The summed E-state index contributed by atoms with van der Waals surface area (Å²) >= 11 is 0. The molecule has 114 valence electrons. The topological polar surface area (TPSA) is 12.0 Å². The normalized spacial score (nSPS) is 12.8. The summed E-state index contributed by atoms with van der Waals surface area (Å²) in [5.74, 6) is 0.860. The molecule has 0 fully saturated rings. The largest absolute Gasteiger partial charge is 0.310 e. The van der Waals surface area contributed by atoms with Gasteiger partial charge < -0.3 is 5.32 Å². The summed E-state index contributed by atoms with van der Waals surface area (Å²) < 4.78 is 0. The molecule has 0 radical (unpaired) electrons. The van der Waals surface area contributed by atoms with Gasteiger partial charge in [-0.15, -0.1) is 0 Å². The maximum atomic E-state index is 3.64. The lowest BCUT2D eigenvalue weighted by Crippen LogP contribution is -2.19. The third kappa shape index (κ3) is 7.09. The third-order valence-corrected chi connectivity index (χ3v) is 4.05. The number of benzene rings is 1. The molecule has 0 heterocycles. The van der Waals surface area contributed by atoms with Crippen molar-refractivity contribution in [3.05, 3.63) is 35.4 Å². The highest BCUT2D eigenvalue weighted by molar-refractivity contribution is 5.24. The lowest BCUT2D eigenvalue weighted by molar-refractivity contribution is 0.498. The molecule has 0 amide bonds. The second kappa shape index (κ2) is 9.99. The van der Waals surface area contributed by atoms with Crippen molar-refractivity contribution in [1.82, 2.24) is 5.32 Å². The fourth-order valence-electron chi connectivity index (χ4n) is 2.51. The second-order valence-electron chi connectivity index (χ2n) is 6.37. The van der Waals surface area contributed by atoms with Gasteiger partial charge in [0.15, 0.2) is 0 Å². The van der Waals surface area contributed by atoms with E-state index in [0.717, 1.165) is 18.9 Å². The van der Waals surface area contributed by atoms with Crippen LogP contribution in [0.4, 0.5) is 0 Å². The zero-order valence-electron chi connectivity index (χ0n) is 13.9. The van der Waals surface area contributed by atoms with Gasteiger partial charge in [0.1, 0.15) is 0 Å². The van der Waals surface area contributed by atoms with Crippen LogP contribution >= 0.6 is 0 Å². The molecule has 0 aliphatic heterocycles. The highest BCUT2D eigenvalue weighted by Gasteiger charge is 2.03. The second-order valence-corrected chi connectivity index (χ2v) is 6.37. The van der Waals surface area contributed by atoms with Crippen LogP contribution in [0.15, 0.2) is 24.3 Å². The summed E-state index contributed by atoms with van der Waals surface area (Å²) in [5.41, 5.74) is 2.83. The molecule has 1 unspecified atom stereocenters. The zero-order chi connectivity index (χ0) is 14.8. The smallest absolute Gasteiger partial charge is 0.0291 e. The predicted octanol–water partition coefficient (Wildman–Crippen LogP) is 5.51. The molecular weight excluding hydrogens is 242 g/mol. The van der Waals surface area contributed by atoms with Crippen molar-refractivity contribution in [2.24, 2.45) is 5.92 Å². The van der Waals surface area contributed by atoms with E-state index in [1.165, 1.54) is 43.2 Å². The molecule has 20 heavy (non-hydrogen) atoms. The van der Waals surface area contributed by atoms with E-state index in [1.54, 1.807) is 0 Å². The molecule has 0 aliphatic carbocycles. The van der Waals surface area contributed by atoms with Crippen LogP contribution < -0.4 is 5.32 Å². The Labute approximate surface area is 126 Å². The van der Waals surface area contributed by atoms with Gasteiger partial charge in [-0.2, -0.15) is 0 Å². The van der Waals surface area contributed by atoms with E-state index in [4.69, 9.17) is 0 Å². The van der Waals surface area contributed by atoms with Crippen LogP contribution in [-0.2, 0) is 6.42 Å². The Morgan fingerprint density at radius 1 is 0.900 bits per heavy atom. The highest BCUT2D eigenvalue weighted by atomic mass is 14.9. The van der Waals surface area contributed by atoms with Gasteiger partial charge in [-0.1, -0.05) is 70.7 Å². The van der Waals surface area contributed by atoms with Gasteiger partial charge in [0.05, 0.1) is 0 Å². The maximum absolute atomic E-state index is 3.64. The summed E-state index contributed by atoms with van der Waals surface area (Å²) in [4.78, 5) is 0. The van der Waals surface area contributed by atoms with Crippen LogP contribution in [0.25, 0.3) is 0 Å². The number of hydrogen-bond acceptors (Lipinski definition) is 1. The Morgan fingerprint density at radius 2 is 1.55 bits per heavy atom. The molecule has 0 saturated carbocycles. The van der Waals surface area contributed by atoms with E-state index in [1.807, 2.05) is 0 Å². The van der Waals surface area contributed by atoms with Crippen molar-refractivity contribution in [2.75, 3.05) is 6.54 Å². The van der Waals surface area contributed by atoms with Crippen LogP contribution in [0, 0.1) is 5.92 Å². The van der Waals surface area contributed by atoms with Crippen molar-refractivity contribution in [2.45, 2.75) is 72.3 Å².